The molecule has 0 N–H and O–H groups in total. The molecule has 0 saturated heterocycles. The van der Waals surface area contributed by atoms with Crippen LogP contribution in [0.25, 0.3) is 17.2 Å². The average molecular weight is 575 g/mol. The Labute approximate surface area is 247 Å². The lowest BCUT2D eigenvalue weighted by Crippen LogP contribution is -2.38. The third-order valence-electron chi connectivity index (χ3n) is 7.05. The second-order valence-electron chi connectivity index (χ2n) is 10.7. The highest BCUT2D eigenvalue weighted by Crippen LogP contribution is 2.38. The van der Waals surface area contributed by atoms with Gasteiger partial charge in [-0.25, -0.2) is 4.79 Å². The Morgan fingerprint density at radius 3 is 1.81 bits per heavy atom. The van der Waals surface area contributed by atoms with E-state index in [4.69, 9.17) is 23.7 Å². The van der Waals surface area contributed by atoms with Crippen molar-refractivity contribution in [1.29, 1.82) is 0 Å². The fourth-order valence-electron chi connectivity index (χ4n) is 4.47. The van der Waals surface area contributed by atoms with E-state index in [1.54, 1.807) is 58.2 Å². The third-order valence-corrected chi connectivity index (χ3v) is 7.05. The Hall–Kier alpha value is -4.59. The summed E-state index contributed by atoms with van der Waals surface area (Å²) in [4.78, 5) is 37.1. The van der Waals surface area contributed by atoms with Gasteiger partial charge in [-0.3, -0.25) is 9.59 Å². The molecule has 1 unspecified atom stereocenters. The summed E-state index contributed by atoms with van der Waals surface area (Å²) in [6.07, 6.45) is 3.87. The zero-order valence-electron chi connectivity index (χ0n) is 25.0. The van der Waals surface area contributed by atoms with Crippen molar-refractivity contribution in [1.82, 2.24) is 0 Å². The van der Waals surface area contributed by atoms with E-state index in [9.17, 15) is 14.4 Å². The molecule has 3 rings (SSSR count). The number of carbonyl (C=O) groups excluding carboxylic acids is 3. The average Bonchev–Trinajstić information content (AvgIpc) is 3.00. The molecule has 0 aliphatic rings. The van der Waals surface area contributed by atoms with Gasteiger partial charge in [-0.05, 0) is 92.8 Å². The number of esters is 3. The van der Waals surface area contributed by atoms with Crippen LogP contribution in [0.3, 0.4) is 0 Å². The molecule has 0 saturated carbocycles. The maximum Gasteiger partial charge on any atom is 0.336 e. The molecule has 3 aromatic carbocycles. The summed E-state index contributed by atoms with van der Waals surface area (Å²) in [5.74, 6) is 0.416. The summed E-state index contributed by atoms with van der Waals surface area (Å²) in [5, 5.41) is 0. The molecule has 0 aromatic heterocycles. The summed E-state index contributed by atoms with van der Waals surface area (Å²) in [6.45, 7) is 6.90. The van der Waals surface area contributed by atoms with Crippen LogP contribution in [0.5, 0.6) is 17.2 Å². The number of rotatable bonds is 13. The first-order valence-corrected chi connectivity index (χ1v) is 13.6. The van der Waals surface area contributed by atoms with Crippen LogP contribution in [-0.2, 0) is 23.9 Å². The topological polar surface area (TPSA) is 97.4 Å². The van der Waals surface area contributed by atoms with Crippen LogP contribution in [0.15, 0.2) is 78.9 Å². The van der Waals surface area contributed by atoms with Gasteiger partial charge in [0.25, 0.3) is 0 Å². The van der Waals surface area contributed by atoms with E-state index in [2.05, 4.69) is 0 Å². The monoisotopic (exact) mass is 574 g/mol. The number of methoxy groups -OCH3 is 2. The Morgan fingerprint density at radius 1 is 0.738 bits per heavy atom. The van der Waals surface area contributed by atoms with Gasteiger partial charge in [0, 0.05) is 6.08 Å². The summed E-state index contributed by atoms with van der Waals surface area (Å²) in [6, 6.07) is 21.8. The van der Waals surface area contributed by atoms with Gasteiger partial charge in [-0.2, -0.15) is 0 Å². The van der Waals surface area contributed by atoms with E-state index < -0.39 is 22.8 Å². The summed E-state index contributed by atoms with van der Waals surface area (Å²) in [7, 11) is 2.94. The van der Waals surface area contributed by atoms with Crippen molar-refractivity contribution >= 4 is 24.0 Å². The van der Waals surface area contributed by atoms with E-state index in [1.165, 1.54) is 13.2 Å². The second kappa shape index (κ2) is 14.3. The number of carbonyl (C=O) groups is 3. The quantitative estimate of drug-likeness (QED) is 0.0945. The molecule has 0 bridgehead atoms. The Bertz CT molecular complexity index is 1370. The molecule has 1 atom stereocenters. The molecule has 42 heavy (non-hydrogen) atoms. The molecule has 0 spiro atoms. The highest BCUT2D eigenvalue weighted by Gasteiger charge is 2.42. The van der Waals surface area contributed by atoms with Gasteiger partial charge < -0.3 is 23.7 Å². The fraction of sp³-hybridized carbons (Fsp3) is 0.324. The number of ether oxygens (including phenoxy) is 5. The predicted octanol–water partition coefficient (Wildman–Crippen LogP) is 6.87. The maximum absolute atomic E-state index is 12.7. The minimum Gasteiger partial charge on any atom is -0.497 e. The van der Waals surface area contributed by atoms with Crippen molar-refractivity contribution in [2.24, 2.45) is 10.8 Å². The van der Waals surface area contributed by atoms with E-state index >= 15 is 0 Å². The van der Waals surface area contributed by atoms with Gasteiger partial charge >= 0.3 is 17.9 Å². The molecule has 3 aromatic rings. The van der Waals surface area contributed by atoms with Crippen molar-refractivity contribution in [2.45, 2.75) is 40.5 Å². The van der Waals surface area contributed by atoms with E-state index in [1.807, 2.05) is 55.5 Å². The summed E-state index contributed by atoms with van der Waals surface area (Å²) >= 11 is 0. The lowest BCUT2D eigenvalue weighted by molar-refractivity contribution is -0.166. The molecule has 0 heterocycles. The largest absolute Gasteiger partial charge is 0.497 e. The van der Waals surface area contributed by atoms with Crippen molar-refractivity contribution in [2.75, 3.05) is 21.0 Å². The van der Waals surface area contributed by atoms with Crippen molar-refractivity contribution in [3.8, 4) is 28.4 Å². The highest BCUT2D eigenvalue weighted by molar-refractivity contribution is 5.88. The lowest BCUT2D eigenvalue weighted by atomic mass is 9.72. The van der Waals surface area contributed by atoms with Crippen LogP contribution < -0.4 is 14.2 Å². The Morgan fingerprint density at radius 2 is 1.29 bits per heavy atom. The Kier molecular flexibility index (Phi) is 10.9. The minimum atomic E-state index is -0.903. The fourth-order valence-corrected chi connectivity index (χ4v) is 4.47. The molecule has 0 fully saturated rings. The summed E-state index contributed by atoms with van der Waals surface area (Å²) in [5.41, 5.74) is 1.02. The lowest BCUT2D eigenvalue weighted by Gasteiger charge is -2.33. The van der Waals surface area contributed by atoms with Crippen molar-refractivity contribution in [3.05, 3.63) is 84.4 Å². The van der Waals surface area contributed by atoms with Gasteiger partial charge in [0.15, 0.2) is 0 Å². The van der Waals surface area contributed by atoms with Gasteiger partial charge in [0.05, 0.1) is 25.0 Å². The van der Waals surface area contributed by atoms with E-state index in [0.717, 1.165) is 22.4 Å². The summed E-state index contributed by atoms with van der Waals surface area (Å²) < 4.78 is 26.4. The van der Waals surface area contributed by atoms with Crippen LogP contribution in [0.1, 0.15) is 46.1 Å². The third kappa shape index (κ3) is 8.70. The SMILES string of the molecule is CCC(C)(CC(C)(C)C(=O)OCOc1ccc(-c2ccc(OC(=O)/C=C/c3ccc(OC)cc3)cc2)cc1)C(=O)OC. The van der Waals surface area contributed by atoms with E-state index in [-0.39, 0.29) is 19.2 Å². The molecule has 0 aliphatic carbocycles. The smallest absolute Gasteiger partial charge is 0.336 e. The molecular formula is C34H38O8. The highest BCUT2D eigenvalue weighted by atomic mass is 16.7. The van der Waals surface area contributed by atoms with Gasteiger partial charge in [0.1, 0.15) is 17.2 Å². The first-order chi connectivity index (χ1) is 20.0. The maximum atomic E-state index is 12.7. The molecule has 8 nitrogen and oxygen atoms in total. The molecule has 8 heteroatoms. The first kappa shape index (κ1) is 31.9. The van der Waals surface area contributed by atoms with Crippen LogP contribution in [0.4, 0.5) is 0 Å². The van der Waals surface area contributed by atoms with E-state index in [0.29, 0.717) is 17.9 Å². The molecule has 222 valence electrons. The van der Waals surface area contributed by atoms with Gasteiger partial charge in [-0.1, -0.05) is 43.3 Å². The molecule has 0 radical (unpaired) electrons. The zero-order chi connectivity index (χ0) is 30.8. The normalized spacial score (nSPS) is 12.7. The van der Waals surface area contributed by atoms with Gasteiger partial charge in [0.2, 0.25) is 6.79 Å². The zero-order valence-corrected chi connectivity index (χ0v) is 25.0. The van der Waals surface area contributed by atoms with Crippen molar-refractivity contribution < 1.29 is 38.1 Å². The second-order valence-corrected chi connectivity index (χ2v) is 10.7. The van der Waals surface area contributed by atoms with Crippen molar-refractivity contribution in [3.63, 3.8) is 0 Å². The van der Waals surface area contributed by atoms with Crippen LogP contribution in [-0.4, -0.2) is 38.9 Å². The predicted molar refractivity (Wildman–Crippen MR) is 160 cm³/mol. The molecule has 0 amide bonds. The Balaban J connectivity index is 1.49. The van der Waals surface area contributed by atoms with Crippen LogP contribution in [0, 0.1) is 10.8 Å². The molecular weight excluding hydrogens is 536 g/mol. The number of hydrogen-bond acceptors (Lipinski definition) is 8. The number of hydrogen-bond donors (Lipinski definition) is 0. The standard InChI is InChI=1S/C34H38O8/c1-7-34(4,32(37)39-6)22-33(2,3)31(36)41-23-40-28-17-11-25(12-18-28)26-13-19-29(20-14-26)42-30(35)21-10-24-8-15-27(38-5)16-9-24/h8-21H,7,22-23H2,1-6H3/b21-10+. The number of benzene rings is 3. The van der Waals surface area contributed by atoms with Crippen LogP contribution in [0.2, 0.25) is 0 Å². The van der Waals surface area contributed by atoms with Crippen LogP contribution >= 0.6 is 0 Å². The molecule has 0 aliphatic heterocycles. The minimum absolute atomic E-state index is 0.254. The first-order valence-electron chi connectivity index (χ1n) is 13.6. The van der Waals surface area contributed by atoms with Gasteiger partial charge in [-0.15, -0.1) is 0 Å².